The predicted molar refractivity (Wildman–Crippen MR) is 66.1 cm³/mol. The largest absolute Gasteiger partial charge is 0.389 e. The maximum atomic E-state index is 9.61. The molecule has 0 bridgehead atoms. The van der Waals surface area contributed by atoms with Crippen LogP contribution >= 0.6 is 11.6 Å². The van der Waals surface area contributed by atoms with Crippen LogP contribution in [0.1, 0.15) is 24.8 Å². The van der Waals surface area contributed by atoms with Crippen molar-refractivity contribution in [3.63, 3.8) is 0 Å². The van der Waals surface area contributed by atoms with Crippen LogP contribution in [-0.4, -0.2) is 17.1 Å². The summed E-state index contributed by atoms with van der Waals surface area (Å²) in [6.07, 6.45) is 6.17. The van der Waals surface area contributed by atoms with Gasteiger partial charge in [0, 0.05) is 5.88 Å². The van der Waals surface area contributed by atoms with E-state index < -0.39 is 0 Å². The third-order valence-electron chi connectivity index (χ3n) is 2.19. The van der Waals surface area contributed by atoms with Crippen molar-refractivity contribution in [3.8, 4) is 0 Å². The average molecular weight is 225 g/mol. The second-order valence-corrected chi connectivity index (χ2v) is 3.90. The van der Waals surface area contributed by atoms with Crippen LogP contribution in [0.25, 0.3) is 6.08 Å². The van der Waals surface area contributed by atoms with E-state index in [0.717, 1.165) is 24.8 Å². The SMILES string of the molecule is OC(/C=C/c1ccccc1)CCCCCl. The molecule has 1 aromatic carbocycles. The second kappa shape index (κ2) is 7.49. The molecule has 0 aliphatic heterocycles. The van der Waals surface area contributed by atoms with Crippen molar-refractivity contribution in [1.82, 2.24) is 0 Å². The van der Waals surface area contributed by atoms with E-state index in [-0.39, 0.29) is 6.10 Å². The van der Waals surface area contributed by atoms with Crippen molar-refractivity contribution in [2.75, 3.05) is 5.88 Å². The van der Waals surface area contributed by atoms with Gasteiger partial charge < -0.3 is 5.11 Å². The molecular formula is C13H17ClO. The van der Waals surface area contributed by atoms with Crippen molar-refractivity contribution < 1.29 is 5.11 Å². The van der Waals surface area contributed by atoms with E-state index in [1.54, 1.807) is 0 Å². The number of benzene rings is 1. The van der Waals surface area contributed by atoms with E-state index in [2.05, 4.69) is 0 Å². The van der Waals surface area contributed by atoms with Gasteiger partial charge in [-0.3, -0.25) is 0 Å². The van der Waals surface area contributed by atoms with Crippen LogP contribution in [0.4, 0.5) is 0 Å². The molecule has 0 heterocycles. The van der Waals surface area contributed by atoms with Gasteiger partial charge in [-0.1, -0.05) is 42.5 Å². The molecular weight excluding hydrogens is 208 g/mol. The minimum atomic E-state index is -0.353. The lowest BCUT2D eigenvalue weighted by molar-refractivity contribution is 0.210. The van der Waals surface area contributed by atoms with Crippen LogP contribution in [0.15, 0.2) is 36.4 Å². The number of hydrogen-bond donors (Lipinski definition) is 1. The van der Waals surface area contributed by atoms with E-state index in [0.29, 0.717) is 5.88 Å². The fraction of sp³-hybridized carbons (Fsp3) is 0.385. The van der Waals surface area contributed by atoms with Crippen LogP contribution < -0.4 is 0 Å². The topological polar surface area (TPSA) is 20.2 Å². The molecule has 0 aliphatic rings. The van der Waals surface area contributed by atoms with Gasteiger partial charge in [0.05, 0.1) is 6.10 Å². The van der Waals surface area contributed by atoms with Gasteiger partial charge in [-0.05, 0) is 24.8 Å². The van der Waals surface area contributed by atoms with Crippen LogP contribution in [0.3, 0.4) is 0 Å². The Morgan fingerprint density at radius 1 is 1.20 bits per heavy atom. The van der Waals surface area contributed by atoms with Crippen molar-refractivity contribution >= 4 is 17.7 Å². The van der Waals surface area contributed by atoms with E-state index in [4.69, 9.17) is 11.6 Å². The second-order valence-electron chi connectivity index (χ2n) is 3.52. The summed E-state index contributed by atoms with van der Waals surface area (Å²) in [4.78, 5) is 0. The molecule has 0 fully saturated rings. The summed E-state index contributed by atoms with van der Waals surface area (Å²) in [5.74, 6) is 0.676. The fourth-order valence-corrected chi connectivity index (χ4v) is 1.52. The lowest BCUT2D eigenvalue weighted by atomic mass is 10.1. The van der Waals surface area contributed by atoms with Crippen molar-refractivity contribution in [3.05, 3.63) is 42.0 Å². The summed E-state index contributed by atoms with van der Waals surface area (Å²) in [6, 6.07) is 9.98. The molecule has 0 saturated heterocycles. The van der Waals surface area contributed by atoms with Crippen LogP contribution in [-0.2, 0) is 0 Å². The number of aliphatic hydroxyl groups is 1. The first-order valence-electron chi connectivity index (χ1n) is 5.30. The standard InChI is InChI=1S/C13H17ClO/c14-11-5-4-8-13(15)10-9-12-6-2-1-3-7-12/h1-3,6-7,9-10,13,15H,4-5,8,11H2/b10-9+. The van der Waals surface area contributed by atoms with Gasteiger partial charge in [0.25, 0.3) is 0 Å². The summed E-state index contributed by atoms with van der Waals surface area (Å²) in [5.41, 5.74) is 1.12. The molecule has 0 aromatic heterocycles. The van der Waals surface area contributed by atoms with Gasteiger partial charge in [-0.2, -0.15) is 0 Å². The monoisotopic (exact) mass is 224 g/mol. The van der Waals surface area contributed by atoms with Crippen molar-refractivity contribution in [1.29, 1.82) is 0 Å². The van der Waals surface area contributed by atoms with E-state index in [9.17, 15) is 5.11 Å². The summed E-state index contributed by atoms with van der Waals surface area (Å²) in [7, 11) is 0. The Labute approximate surface area is 96.4 Å². The highest BCUT2D eigenvalue weighted by molar-refractivity contribution is 6.17. The molecule has 0 spiro atoms. The van der Waals surface area contributed by atoms with Crippen molar-refractivity contribution in [2.24, 2.45) is 0 Å². The number of unbranched alkanes of at least 4 members (excludes halogenated alkanes) is 1. The maximum Gasteiger partial charge on any atom is 0.0724 e. The normalized spacial score (nSPS) is 13.2. The highest BCUT2D eigenvalue weighted by atomic mass is 35.5. The van der Waals surface area contributed by atoms with Gasteiger partial charge >= 0.3 is 0 Å². The maximum absolute atomic E-state index is 9.61. The molecule has 0 radical (unpaired) electrons. The van der Waals surface area contributed by atoms with Gasteiger partial charge in [0.2, 0.25) is 0 Å². The minimum Gasteiger partial charge on any atom is -0.389 e. The first kappa shape index (κ1) is 12.3. The molecule has 0 amide bonds. The molecule has 2 heteroatoms. The van der Waals surface area contributed by atoms with Crippen LogP contribution in [0, 0.1) is 0 Å². The Kier molecular flexibility index (Phi) is 6.14. The highest BCUT2D eigenvalue weighted by Gasteiger charge is 1.97. The number of halogens is 1. The Morgan fingerprint density at radius 2 is 1.93 bits per heavy atom. The zero-order valence-corrected chi connectivity index (χ0v) is 9.53. The Morgan fingerprint density at radius 3 is 2.60 bits per heavy atom. The minimum absolute atomic E-state index is 0.353. The third-order valence-corrected chi connectivity index (χ3v) is 2.46. The molecule has 1 atom stereocenters. The molecule has 82 valence electrons. The highest BCUT2D eigenvalue weighted by Crippen LogP contribution is 2.06. The van der Waals surface area contributed by atoms with Crippen molar-refractivity contribution in [2.45, 2.75) is 25.4 Å². The average Bonchev–Trinajstić information content (AvgIpc) is 2.28. The predicted octanol–water partition coefficient (Wildman–Crippen LogP) is 3.47. The zero-order chi connectivity index (χ0) is 10.9. The fourth-order valence-electron chi connectivity index (χ4n) is 1.33. The Balaban J connectivity index is 2.31. The van der Waals surface area contributed by atoms with Gasteiger partial charge in [-0.15, -0.1) is 11.6 Å². The van der Waals surface area contributed by atoms with E-state index >= 15 is 0 Å². The quantitative estimate of drug-likeness (QED) is 0.580. The molecule has 1 nitrogen and oxygen atoms in total. The molecule has 15 heavy (non-hydrogen) atoms. The summed E-state index contributed by atoms with van der Waals surface area (Å²) in [6.45, 7) is 0. The Hall–Kier alpha value is -0.790. The lowest BCUT2D eigenvalue weighted by Crippen LogP contribution is -2.01. The van der Waals surface area contributed by atoms with Gasteiger partial charge in [0.1, 0.15) is 0 Å². The summed E-state index contributed by atoms with van der Waals surface area (Å²) < 4.78 is 0. The molecule has 1 rings (SSSR count). The first-order chi connectivity index (χ1) is 7.33. The van der Waals surface area contributed by atoms with Gasteiger partial charge in [-0.25, -0.2) is 0 Å². The zero-order valence-electron chi connectivity index (χ0n) is 8.77. The first-order valence-corrected chi connectivity index (χ1v) is 5.83. The molecule has 0 saturated carbocycles. The number of hydrogen-bond acceptors (Lipinski definition) is 1. The number of alkyl halides is 1. The van der Waals surface area contributed by atoms with E-state index in [1.807, 2.05) is 42.5 Å². The molecule has 1 aromatic rings. The van der Waals surface area contributed by atoms with E-state index in [1.165, 1.54) is 0 Å². The Bertz CT molecular complexity index is 282. The van der Waals surface area contributed by atoms with Crippen LogP contribution in [0.5, 0.6) is 0 Å². The number of aliphatic hydroxyl groups excluding tert-OH is 1. The summed E-state index contributed by atoms with van der Waals surface area (Å²) in [5, 5.41) is 9.61. The lowest BCUT2D eigenvalue weighted by Gasteiger charge is -2.03. The number of rotatable bonds is 6. The molecule has 1 unspecified atom stereocenters. The van der Waals surface area contributed by atoms with Gasteiger partial charge in [0.15, 0.2) is 0 Å². The van der Waals surface area contributed by atoms with Crippen LogP contribution in [0.2, 0.25) is 0 Å². The molecule has 1 N–H and O–H groups in total. The molecule has 0 aliphatic carbocycles. The third kappa shape index (κ3) is 5.60. The summed E-state index contributed by atoms with van der Waals surface area (Å²) >= 11 is 5.56. The smallest absolute Gasteiger partial charge is 0.0724 e.